The van der Waals surface area contributed by atoms with E-state index >= 15 is 0 Å². The number of benzene rings is 2. The number of hydrogen-bond donors (Lipinski definition) is 1. The number of rotatable bonds is 3. The number of aromatic nitrogens is 3. The summed E-state index contributed by atoms with van der Waals surface area (Å²) < 4.78 is 0. The maximum Gasteiger partial charge on any atom is 0.373 e. The molecule has 6 heteroatoms. The van der Waals surface area contributed by atoms with Crippen LogP contribution >= 0.6 is 11.6 Å². The lowest BCUT2D eigenvalue weighted by Gasteiger charge is -2.02. The average molecular weight is 326 g/mol. The van der Waals surface area contributed by atoms with Gasteiger partial charge >= 0.3 is 6.15 Å². The van der Waals surface area contributed by atoms with Crippen molar-refractivity contribution in [3.8, 4) is 11.1 Å². The third kappa shape index (κ3) is 5.04. The maximum atomic E-state index is 8.12. The predicted octanol–water partition coefficient (Wildman–Crippen LogP) is 3.71. The first kappa shape index (κ1) is 16.4. The zero-order valence-corrected chi connectivity index (χ0v) is 12.7. The molecule has 2 aromatic carbocycles. The summed E-state index contributed by atoms with van der Waals surface area (Å²) in [5.74, 6) is 0. The SMILES string of the molecule is Clc1cccc(-c2ccc(C=Cc3cn[nH]n3)cc2)c1.O=C=O. The molecule has 0 aliphatic carbocycles. The summed E-state index contributed by atoms with van der Waals surface area (Å²) in [6.45, 7) is 0. The normalized spacial score (nSPS) is 9.96. The summed E-state index contributed by atoms with van der Waals surface area (Å²) in [5.41, 5.74) is 4.18. The van der Waals surface area contributed by atoms with E-state index in [9.17, 15) is 0 Å². The van der Waals surface area contributed by atoms with Gasteiger partial charge in [-0.05, 0) is 34.9 Å². The highest BCUT2D eigenvalue weighted by Gasteiger charge is 1.98. The molecule has 1 N–H and O–H groups in total. The zero-order valence-electron chi connectivity index (χ0n) is 11.9. The predicted molar refractivity (Wildman–Crippen MR) is 87.2 cm³/mol. The van der Waals surface area contributed by atoms with Crippen molar-refractivity contribution < 1.29 is 9.59 Å². The van der Waals surface area contributed by atoms with Gasteiger partial charge in [-0.1, -0.05) is 54.1 Å². The van der Waals surface area contributed by atoms with Crippen molar-refractivity contribution in [2.45, 2.75) is 0 Å². The van der Waals surface area contributed by atoms with Crippen LogP contribution in [0.3, 0.4) is 0 Å². The Labute approximate surface area is 137 Å². The molecule has 0 atom stereocenters. The molecule has 5 nitrogen and oxygen atoms in total. The molecule has 0 aliphatic heterocycles. The first-order chi connectivity index (χ1) is 11.2. The van der Waals surface area contributed by atoms with Crippen molar-refractivity contribution in [2.24, 2.45) is 0 Å². The smallest absolute Gasteiger partial charge is 0.197 e. The lowest BCUT2D eigenvalue weighted by Crippen LogP contribution is -1.79. The molecule has 114 valence electrons. The monoisotopic (exact) mass is 325 g/mol. The van der Waals surface area contributed by atoms with Crippen molar-refractivity contribution in [3.05, 3.63) is 71.0 Å². The van der Waals surface area contributed by atoms with Crippen LogP contribution in [-0.4, -0.2) is 21.6 Å². The molecule has 1 aromatic heterocycles. The highest BCUT2D eigenvalue weighted by molar-refractivity contribution is 6.30. The molecular weight excluding hydrogens is 314 g/mol. The summed E-state index contributed by atoms with van der Waals surface area (Å²) in [6, 6.07) is 16.1. The van der Waals surface area contributed by atoms with Crippen LogP contribution in [0.1, 0.15) is 11.3 Å². The van der Waals surface area contributed by atoms with Crippen molar-refractivity contribution >= 4 is 29.9 Å². The van der Waals surface area contributed by atoms with E-state index in [4.69, 9.17) is 21.2 Å². The molecule has 0 saturated carbocycles. The fourth-order valence-corrected chi connectivity index (χ4v) is 2.12. The lowest BCUT2D eigenvalue weighted by atomic mass is 10.0. The average Bonchev–Trinajstić information content (AvgIpc) is 3.08. The zero-order chi connectivity index (χ0) is 16.5. The minimum Gasteiger partial charge on any atom is -0.197 e. The Balaban J connectivity index is 0.000000595. The second kappa shape index (κ2) is 8.44. The molecule has 0 amide bonds. The molecule has 0 radical (unpaired) electrons. The number of hydrogen-bond acceptors (Lipinski definition) is 4. The molecule has 1 heterocycles. The van der Waals surface area contributed by atoms with Crippen molar-refractivity contribution in [1.82, 2.24) is 15.4 Å². The van der Waals surface area contributed by atoms with E-state index in [0.29, 0.717) is 0 Å². The summed E-state index contributed by atoms with van der Waals surface area (Å²) in [7, 11) is 0. The highest BCUT2D eigenvalue weighted by atomic mass is 35.5. The topological polar surface area (TPSA) is 75.7 Å². The molecule has 3 aromatic rings. The molecule has 0 fully saturated rings. The van der Waals surface area contributed by atoms with E-state index < -0.39 is 0 Å². The third-order valence-corrected chi connectivity index (χ3v) is 3.18. The minimum absolute atomic E-state index is 0.250. The summed E-state index contributed by atoms with van der Waals surface area (Å²) in [6.07, 6.45) is 5.84. The van der Waals surface area contributed by atoms with Gasteiger partial charge in [0, 0.05) is 5.02 Å². The molecular formula is C17H12ClN3O2. The Morgan fingerprint density at radius 3 is 2.35 bits per heavy atom. The Hall–Kier alpha value is -3.01. The van der Waals surface area contributed by atoms with Crippen LogP contribution in [0.25, 0.3) is 23.3 Å². The van der Waals surface area contributed by atoms with Crippen LogP contribution in [0.4, 0.5) is 0 Å². The van der Waals surface area contributed by atoms with Gasteiger partial charge in [0.2, 0.25) is 0 Å². The van der Waals surface area contributed by atoms with Gasteiger partial charge in [0.1, 0.15) is 5.69 Å². The largest absolute Gasteiger partial charge is 0.373 e. The molecule has 3 rings (SSSR count). The van der Waals surface area contributed by atoms with E-state index in [-0.39, 0.29) is 6.15 Å². The Morgan fingerprint density at radius 1 is 1.00 bits per heavy atom. The van der Waals surface area contributed by atoms with Crippen molar-refractivity contribution in [2.75, 3.05) is 0 Å². The summed E-state index contributed by atoms with van der Waals surface area (Å²) in [4.78, 5) is 16.2. The van der Waals surface area contributed by atoms with Gasteiger partial charge in [-0.3, -0.25) is 0 Å². The van der Waals surface area contributed by atoms with Gasteiger partial charge in [0.05, 0.1) is 6.20 Å². The van der Waals surface area contributed by atoms with Gasteiger partial charge in [-0.15, -0.1) is 0 Å². The lowest BCUT2D eigenvalue weighted by molar-refractivity contribution is -0.191. The van der Waals surface area contributed by atoms with Gasteiger partial charge in [-0.2, -0.15) is 25.0 Å². The number of nitrogens with one attached hydrogen (secondary N) is 1. The van der Waals surface area contributed by atoms with Crippen LogP contribution in [0.2, 0.25) is 5.02 Å². The fourth-order valence-electron chi connectivity index (χ4n) is 1.93. The standard InChI is InChI=1S/C16H12ClN3.CO2/c17-15-3-1-2-14(10-15)13-7-4-12(5-8-13)6-9-16-11-18-20-19-16;2-1-3/h1-11H,(H,18,19,20);. The van der Waals surface area contributed by atoms with Gasteiger partial charge in [0.25, 0.3) is 0 Å². The quantitative estimate of drug-likeness (QED) is 0.796. The molecule has 0 unspecified atom stereocenters. The Bertz CT molecular complexity index is 806. The van der Waals surface area contributed by atoms with Gasteiger partial charge < -0.3 is 0 Å². The van der Waals surface area contributed by atoms with Crippen LogP contribution in [0.15, 0.2) is 54.7 Å². The van der Waals surface area contributed by atoms with Crippen LogP contribution in [-0.2, 0) is 9.59 Å². The van der Waals surface area contributed by atoms with Crippen molar-refractivity contribution in [3.63, 3.8) is 0 Å². The van der Waals surface area contributed by atoms with E-state index in [1.807, 2.05) is 36.4 Å². The van der Waals surface area contributed by atoms with E-state index in [0.717, 1.165) is 27.4 Å². The van der Waals surface area contributed by atoms with Crippen molar-refractivity contribution in [1.29, 1.82) is 0 Å². The number of nitrogens with zero attached hydrogens (tertiary/aromatic N) is 2. The van der Waals surface area contributed by atoms with E-state index in [1.165, 1.54) is 0 Å². The Kier molecular flexibility index (Phi) is 6.00. The van der Waals surface area contributed by atoms with Crippen LogP contribution < -0.4 is 0 Å². The number of carbonyl (C=O) groups excluding carboxylic acids is 2. The highest BCUT2D eigenvalue weighted by Crippen LogP contribution is 2.23. The third-order valence-electron chi connectivity index (χ3n) is 2.95. The Morgan fingerprint density at radius 2 is 1.74 bits per heavy atom. The molecule has 0 bridgehead atoms. The minimum atomic E-state index is 0.250. The first-order valence-corrected chi connectivity index (χ1v) is 7.00. The van der Waals surface area contributed by atoms with Crippen LogP contribution in [0, 0.1) is 0 Å². The van der Waals surface area contributed by atoms with Gasteiger partial charge in [0.15, 0.2) is 0 Å². The second-order valence-electron chi connectivity index (χ2n) is 4.44. The summed E-state index contributed by atoms with van der Waals surface area (Å²) >= 11 is 6.01. The summed E-state index contributed by atoms with van der Waals surface area (Å²) in [5, 5.41) is 11.1. The van der Waals surface area contributed by atoms with Crippen LogP contribution in [0.5, 0.6) is 0 Å². The second-order valence-corrected chi connectivity index (χ2v) is 4.88. The molecule has 0 aliphatic rings. The van der Waals surface area contributed by atoms with E-state index in [2.05, 4.69) is 39.7 Å². The number of aromatic amines is 1. The molecule has 23 heavy (non-hydrogen) atoms. The number of H-pyrrole nitrogens is 1. The van der Waals surface area contributed by atoms with E-state index in [1.54, 1.807) is 6.20 Å². The fraction of sp³-hybridized carbons (Fsp3) is 0. The maximum absolute atomic E-state index is 8.12. The first-order valence-electron chi connectivity index (χ1n) is 6.62. The molecule has 0 saturated heterocycles. The number of halogens is 1. The molecule has 0 spiro atoms. The van der Waals surface area contributed by atoms with Gasteiger partial charge in [-0.25, -0.2) is 0 Å².